The summed E-state index contributed by atoms with van der Waals surface area (Å²) < 4.78 is 0. The number of benzene rings is 1. The monoisotopic (exact) mass is 293 g/mol. The highest BCUT2D eigenvalue weighted by molar-refractivity contribution is 5.95. The van der Waals surface area contributed by atoms with Crippen LogP contribution in [-0.4, -0.2) is 29.1 Å². The number of anilines is 1. The lowest BCUT2D eigenvalue weighted by molar-refractivity contribution is -0.140. The summed E-state index contributed by atoms with van der Waals surface area (Å²) >= 11 is 0. The van der Waals surface area contributed by atoms with Gasteiger partial charge >= 0.3 is 12.0 Å². The molecular formula is C14H19N3O4. The van der Waals surface area contributed by atoms with Crippen molar-refractivity contribution in [2.24, 2.45) is 11.7 Å². The number of aliphatic carboxylic acids is 1. The third-order valence-electron chi connectivity index (χ3n) is 3.19. The van der Waals surface area contributed by atoms with Crippen LogP contribution in [0, 0.1) is 5.92 Å². The van der Waals surface area contributed by atoms with E-state index in [0.29, 0.717) is 17.7 Å². The standard InChI is InChI=1S/C14H19N3O4/c1-3-8(2)11(13(19)20)17-14(21)16-10-6-4-9(5-7-10)12(15)18/h4-8,11H,3H2,1-2H3,(H2,15,18)(H,19,20)(H2,16,17,21). The van der Waals surface area contributed by atoms with Crippen molar-refractivity contribution in [2.75, 3.05) is 5.32 Å². The first-order chi connectivity index (χ1) is 9.85. The number of hydrogen-bond acceptors (Lipinski definition) is 3. The fraction of sp³-hybridized carbons (Fsp3) is 0.357. The van der Waals surface area contributed by atoms with Crippen LogP contribution in [0.15, 0.2) is 24.3 Å². The lowest BCUT2D eigenvalue weighted by Crippen LogP contribution is -2.46. The molecule has 7 nitrogen and oxygen atoms in total. The Bertz CT molecular complexity index is 528. The summed E-state index contributed by atoms with van der Waals surface area (Å²) in [6.07, 6.45) is 0.630. The number of amides is 3. The van der Waals surface area contributed by atoms with Gasteiger partial charge in [0, 0.05) is 11.3 Å². The molecule has 0 bridgehead atoms. The second-order valence-electron chi connectivity index (χ2n) is 4.74. The molecule has 1 rings (SSSR count). The van der Waals surface area contributed by atoms with E-state index >= 15 is 0 Å². The largest absolute Gasteiger partial charge is 0.480 e. The number of nitrogens with one attached hydrogen (secondary N) is 2. The highest BCUT2D eigenvalue weighted by atomic mass is 16.4. The average Bonchev–Trinajstić information content (AvgIpc) is 2.44. The zero-order valence-corrected chi connectivity index (χ0v) is 11.9. The zero-order chi connectivity index (χ0) is 16.0. The Kier molecular flexibility index (Phi) is 5.71. The number of carbonyl (C=O) groups is 3. The van der Waals surface area contributed by atoms with Crippen molar-refractivity contribution in [3.63, 3.8) is 0 Å². The summed E-state index contributed by atoms with van der Waals surface area (Å²) in [4.78, 5) is 33.8. The fourth-order valence-electron chi connectivity index (χ4n) is 1.71. The molecule has 1 aromatic rings. The predicted molar refractivity (Wildman–Crippen MR) is 78.0 cm³/mol. The summed E-state index contributed by atoms with van der Waals surface area (Å²) in [6.45, 7) is 3.60. The van der Waals surface area contributed by atoms with Crippen molar-refractivity contribution in [3.05, 3.63) is 29.8 Å². The minimum Gasteiger partial charge on any atom is -0.480 e. The number of carboxylic acid groups (broad SMARTS) is 1. The second-order valence-corrected chi connectivity index (χ2v) is 4.74. The molecule has 0 saturated carbocycles. The molecule has 3 amide bonds. The molecule has 0 aliphatic heterocycles. The van der Waals surface area contributed by atoms with Gasteiger partial charge < -0.3 is 21.5 Å². The van der Waals surface area contributed by atoms with Gasteiger partial charge in [0.15, 0.2) is 0 Å². The number of nitrogens with two attached hydrogens (primary N) is 1. The van der Waals surface area contributed by atoms with Crippen molar-refractivity contribution in [1.82, 2.24) is 5.32 Å². The molecule has 2 unspecified atom stereocenters. The number of primary amides is 1. The summed E-state index contributed by atoms with van der Waals surface area (Å²) in [7, 11) is 0. The van der Waals surface area contributed by atoms with E-state index in [1.54, 1.807) is 6.92 Å². The Labute approximate surface area is 122 Å². The maximum Gasteiger partial charge on any atom is 0.326 e. The number of rotatable bonds is 6. The average molecular weight is 293 g/mol. The molecule has 0 spiro atoms. The van der Waals surface area contributed by atoms with Gasteiger partial charge in [0.25, 0.3) is 0 Å². The van der Waals surface area contributed by atoms with Crippen LogP contribution < -0.4 is 16.4 Å². The van der Waals surface area contributed by atoms with Crippen LogP contribution in [0.2, 0.25) is 0 Å². The van der Waals surface area contributed by atoms with Crippen LogP contribution in [0.1, 0.15) is 30.6 Å². The summed E-state index contributed by atoms with van der Waals surface area (Å²) in [5, 5.41) is 14.0. The fourth-order valence-corrected chi connectivity index (χ4v) is 1.71. The maximum absolute atomic E-state index is 11.8. The van der Waals surface area contributed by atoms with Gasteiger partial charge in [-0.15, -0.1) is 0 Å². The Morgan fingerprint density at radius 1 is 1.24 bits per heavy atom. The van der Waals surface area contributed by atoms with Crippen LogP contribution in [0.3, 0.4) is 0 Å². The van der Waals surface area contributed by atoms with Gasteiger partial charge in [0.05, 0.1) is 0 Å². The highest BCUT2D eigenvalue weighted by Gasteiger charge is 2.25. The van der Waals surface area contributed by atoms with E-state index in [1.807, 2.05) is 6.92 Å². The van der Waals surface area contributed by atoms with Crippen LogP contribution in [-0.2, 0) is 4.79 Å². The van der Waals surface area contributed by atoms with E-state index in [2.05, 4.69) is 10.6 Å². The molecule has 1 aromatic carbocycles. The van der Waals surface area contributed by atoms with E-state index in [-0.39, 0.29) is 5.92 Å². The van der Waals surface area contributed by atoms with Crippen molar-refractivity contribution in [2.45, 2.75) is 26.3 Å². The lowest BCUT2D eigenvalue weighted by atomic mass is 9.99. The Hall–Kier alpha value is -2.57. The maximum atomic E-state index is 11.8. The Balaban J connectivity index is 2.67. The topological polar surface area (TPSA) is 122 Å². The Morgan fingerprint density at radius 2 is 1.81 bits per heavy atom. The van der Waals surface area contributed by atoms with Gasteiger partial charge in [-0.05, 0) is 30.2 Å². The van der Waals surface area contributed by atoms with Gasteiger partial charge in [0.1, 0.15) is 6.04 Å². The minimum atomic E-state index is -1.08. The molecule has 21 heavy (non-hydrogen) atoms. The molecular weight excluding hydrogens is 274 g/mol. The first kappa shape index (κ1) is 16.5. The van der Waals surface area contributed by atoms with E-state index in [1.165, 1.54) is 24.3 Å². The molecule has 0 heterocycles. The van der Waals surface area contributed by atoms with E-state index < -0.39 is 23.9 Å². The second kappa shape index (κ2) is 7.28. The van der Waals surface area contributed by atoms with Gasteiger partial charge in [-0.3, -0.25) is 4.79 Å². The number of urea groups is 1. The van der Waals surface area contributed by atoms with Gasteiger partial charge in [0.2, 0.25) is 5.91 Å². The summed E-state index contributed by atoms with van der Waals surface area (Å²) in [5.41, 5.74) is 5.87. The molecule has 114 valence electrons. The quantitative estimate of drug-likeness (QED) is 0.633. The minimum absolute atomic E-state index is 0.189. The zero-order valence-electron chi connectivity index (χ0n) is 11.9. The normalized spacial score (nSPS) is 13.0. The van der Waals surface area contributed by atoms with Crippen molar-refractivity contribution >= 4 is 23.6 Å². The molecule has 2 atom stereocenters. The highest BCUT2D eigenvalue weighted by Crippen LogP contribution is 2.11. The predicted octanol–water partition coefficient (Wildman–Crippen LogP) is 1.41. The number of hydrogen-bond donors (Lipinski definition) is 4. The van der Waals surface area contributed by atoms with Gasteiger partial charge in [-0.1, -0.05) is 20.3 Å². The molecule has 0 aliphatic rings. The third kappa shape index (κ3) is 4.79. The molecule has 0 aliphatic carbocycles. The van der Waals surface area contributed by atoms with Crippen LogP contribution in [0.25, 0.3) is 0 Å². The van der Waals surface area contributed by atoms with E-state index in [9.17, 15) is 14.4 Å². The third-order valence-corrected chi connectivity index (χ3v) is 3.19. The molecule has 7 heteroatoms. The van der Waals surface area contributed by atoms with Crippen molar-refractivity contribution in [1.29, 1.82) is 0 Å². The number of carbonyl (C=O) groups excluding carboxylic acids is 2. The van der Waals surface area contributed by atoms with E-state index in [4.69, 9.17) is 10.8 Å². The SMILES string of the molecule is CCC(C)C(NC(=O)Nc1ccc(C(N)=O)cc1)C(=O)O. The molecule has 0 radical (unpaired) electrons. The molecule has 0 fully saturated rings. The van der Waals surface area contributed by atoms with Crippen molar-refractivity contribution in [3.8, 4) is 0 Å². The Morgan fingerprint density at radius 3 is 2.24 bits per heavy atom. The number of carboxylic acids is 1. The van der Waals surface area contributed by atoms with Crippen molar-refractivity contribution < 1.29 is 19.5 Å². The first-order valence-electron chi connectivity index (χ1n) is 6.55. The smallest absolute Gasteiger partial charge is 0.326 e. The molecule has 5 N–H and O–H groups in total. The van der Waals surface area contributed by atoms with Crippen LogP contribution in [0.4, 0.5) is 10.5 Å². The van der Waals surface area contributed by atoms with E-state index in [0.717, 1.165) is 0 Å². The van der Waals surface area contributed by atoms with Crippen LogP contribution >= 0.6 is 0 Å². The van der Waals surface area contributed by atoms with Gasteiger partial charge in [-0.25, -0.2) is 9.59 Å². The van der Waals surface area contributed by atoms with Crippen LogP contribution in [0.5, 0.6) is 0 Å². The molecule has 0 saturated heterocycles. The summed E-state index contributed by atoms with van der Waals surface area (Å²) in [5.74, 6) is -1.83. The summed E-state index contributed by atoms with van der Waals surface area (Å²) in [6, 6.07) is 4.40. The lowest BCUT2D eigenvalue weighted by Gasteiger charge is -2.20. The first-order valence-corrected chi connectivity index (χ1v) is 6.55. The van der Waals surface area contributed by atoms with Gasteiger partial charge in [-0.2, -0.15) is 0 Å². The molecule has 0 aromatic heterocycles.